The average molecular weight is 280 g/mol. The highest BCUT2D eigenvalue weighted by molar-refractivity contribution is 5.73. The van der Waals surface area contributed by atoms with Gasteiger partial charge in [0, 0.05) is 0 Å². The summed E-state index contributed by atoms with van der Waals surface area (Å²) in [6.07, 6.45) is 0.0608. The van der Waals surface area contributed by atoms with Crippen molar-refractivity contribution in [2.75, 3.05) is 0 Å². The largest absolute Gasteiger partial charge is 0.480 e. The van der Waals surface area contributed by atoms with Crippen molar-refractivity contribution in [2.24, 2.45) is 22.1 Å². The van der Waals surface area contributed by atoms with Gasteiger partial charge in [0.15, 0.2) is 0 Å². The van der Waals surface area contributed by atoms with Crippen LogP contribution in [0.2, 0.25) is 0 Å². The lowest BCUT2D eigenvalue weighted by molar-refractivity contribution is -0.141. The molecule has 0 heterocycles. The number of nitrogens with zero attached hydrogens (tertiary/aromatic N) is 4. The fraction of sp³-hybridized carbons (Fsp3) is 0.667. The minimum Gasteiger partial charge on any atom is -0.480 e. The van der Waals surface area contributed by atoms with Crippen molar-refractivity contribution in [1.29, 1.82) is 10.5 Å². The quantitative estimate of drug-likeness (QED) is 0.643. The van der Waals surface area contributed by atoms with E-state index in [1.54, 1.807) is 26.0 Å². The lowest BCUT2D eigenvalue weighted by atomic mass is 10.0. The Bertz CT molecular complexity index is 421. The zero-order valence-corrected chi connectivity index (χ0v) is 11.2. The van der Waals surface area contributed by atoms with E-state index < -0.39 is 35.9 Å². The smallest absolute Gasteiger partial charge is 0.320 e. The molecule has 108 valence electrons. The zero-order chi connectivity index (χ0) is 15.7. The van der Waals surface area contributed by atoms with E-state index in [-0.39, 0.29) is 12.8 Å². The Morgan fingerprint density at radius 3 is 1.45 bits per heavy atom. The van der Waals surface area contributed by atoms with Crippen molar-refractivity contribution in [3.8, 4) is 12.1 Å². The van der Waals surface area contributed by atoms with Crippen LogP contribution < -0.4 is 0 Å². The van der Waals surface area contributed by atoms with Crippen LogP contribution in [0.4, 0.5) is 0 Å². The Hall–Kier alpha value is -2.48. The van der Waals surface area contributed by atoms with Gasteiger partial charge in [-0.15, -0.1) is 0 Å². The Balaban J connectivity index is 4.42. The normalized spacial score (nSPS) is 16.6. The maximum Gasteiger partial charge on any atom is 0.320 e. The maximum atomic E-state index is 10.7. The highest BCUT2D eigenvalue weighted by atomic mass is 16.4. The predicted octanol–water partition coefficient (Wildman–Crippen LogP) is 1.44. The summed E-state index contributed by atoms with van der Waals surface area (Å²) in [6.45, 7) is 3.23. The number of carboxylic acid groups (broad SMARTS) is 2. The summed E-state index contributed by atoms with van der Waals surface area (Å²) in [7, 11) is 0. The first kappa shape index (κ1) is 17.5. The van der Waals surface area contributed by atoms with Crippen molar-refractivity contribution in [2.45, 2.75) is 38.8 Å². The fourth-order valence-corrected chi connectivity index (χ4v) is 1.42. The third-order valence-electron chi connectivity index (χ3n) is 2.52. The molecule has 0 rings (SSSR count). The summed E-state index contributed by atoms with van der Waals surface area (Å²) >= 11 is 0. The van der Waals surface area contributed by atoms with Crippen molar-refractivity contribution in [3.05, 3.63) is 0 Å². The van der Waals surface area contributed by atoms with Gasteiger partial charge in [-0.05, 0) is 26.7 Å². The molecule has 8 nitrogen and oxygen atoms in total. The van der Waals surface area contributed by atoms with Gasteiger partial charge < -0.3 is 10.2 Å². The highest BCUT2D eigenvalue weighted by Crippen LogP contribution is 2.13. The lowest BCUT2D eigenvalue weighted by Gasteiger charge is -2.10. The van der Waals surface area contributed by atoms with Crippen LogP contribution in [0.15, 0.2) is 10.2 Å². The lowest BCUT2D eigenvalue weighted by Crippen LogP contribution is -2.18. The number of azo groups is 1. The fourth-order valence-electron chi connectivity index (χ4n) is 1.42. The summed E-state index contributed by atoms with van der Waals surface area (Å²) in [5.41, 5.74) is 0. The first-order valence-electron chi connectivity index (χ1n) is 5.96. The van der Waals surface area contributed by atoms with Crippen LogP contribution in [-0.4, -0.2) is 34.2 Å². The SMILES string of the molecule is CC(C[C@H](C#N)C(=O)O)N=NC(C)C[C@H](C#N)C(=O)O. The second-order valence-corrected chi connectivity index (χ2v) is 4.44. The molecule has 4 atom stereocenters. The molecule has 8 heteroatoms. The Labute approximate surface area is 116 Å². The van der Waals surface area contributed by atoms with E-state index in [0.717, 1.165) is 0 Å². The van der Waals surface area contributed by atoms with Gasteiger partial charge in [-0.3, -0.25) is 9.59 Å². The summed E-state index contributed by atoms with van der Waals surface area (Å²) < 4.78 is 0. The van der Waals surface area contributed by atoms with Crippen LogP contribution in [0.1, 0.15) is 26.7 Å². The predicted molar refractivity (Wildman–Crippen MR) is 66.5 cm³/mol. The summed E-state index contributed by atoms with van der Waals surface area (Å²) in [4.78, 5) is 21.3. The Kier molecular flexibility index (Phi) is 7.53. The maximum absolute atomic E-state index is 10.7. The molecular formula is C12H16N4O4. The summed E-state index contributed by atoms with van der Waals surface area (Å²) in [5.74, 6) is -4.72. The standard InChI is InChI=1S/C12H16N4O4/c1-7(3-9(5-13)11(17)18)15-16-8(2)4-10(6-14)12(19)20/h7-10H,3-4H2,1-2H3,(H,17,18)(H,19,20)/t7?,8?,9-,10-/m1/s1. The van der Waals surface area contributed by atoms with Crippen LogP contribution in [0, 0.1) is 34.5 Å². The second-order valence-electron chi connectivity index (χ2n) is 4.44. The van der Waals surface area contributed by atoms with Crippen molar-refractivity contribution in [1.82, 2.24) is 0 Å². The number of carboxylic acids is 2. The molecule has 0 aliphatic heterocycles. The molecule has 0 aromatic carbocycles. The zero-order valence-electron chi connectivity index (χ0n) is 11.2. The van der Waals surface area contributed by atoms with Crippen LogP contribution in [0.3, 0.4) is 0 Å². The Morgan fingerprint density at radius 1 is 0.950 bits per heavy atom. The van der Waals surface area contributed by atoms with Crippen molar-refractivity contribution >= 4 is 11.9 Å². The summed E-state index contributed by atoms with van der Waals surface area (Å²) in [6, 6.07) is 2.37. The van der Waals surface area contributed by atoms with E-state index in [9.17, 15) is 9.59 Å². The third-order valence-corrected chi connectivity index (χ3v) is 2.52. The molecule has 0 saturated carbocycles. The number of aliphatic carboxylic acids is 2. The van der Waals surface area contributed by atoms with Crippen LogP contribution in [0.5, 0.6) is 0 Å². The van der Waals surface area contributed by atoms with Gasteiger partial charge in [-0.25, -0.2) is 0 Å². The first-order valence-corrected chi connectivity index (χ1v) is 5.96. The molecule has 0 saturated heterocycles. The van der Waals surface area contributed by atoms with Gasteiger partial charge in [0.25, 0.3) is 0 Å². The topological polar surface area (TPSA) is 147 Å². The van der Waals surface area contributed by atoms with E-state index in [1.165, 1.54) is 0 Å². The van der Waals surface area contributed by atoms with Crippen molar-refractivity contribution < 1.29 is 19.8 Å². The number of hydrogen-bond donors (Lipinski definition) is 2. The molecule has 0 aromatic rings. The molecule has 0 aromatic heterocycles. The molecule has 2 unspecified atom stereocenters. The average Bonchev–Trinajstić information content (AvgIpc) is 2.38. The van der Waals surface area contributed by atoms with Gasteiger partial charge in [0.05, 0.1) is 24.2 Å². The molecule has 0 radical (unpaired) electrons. The molecule has 20 heavy (non-hydrogen) atoms. The van der Waals surface area contributed by atoms with E-state index in [0.29, 0.717) is 0 Å². The van der Waals surface area contributed by atoms with Crippen molar-refractivity contribution in [3.63, 3.8) is 0 Å². The minimum absolute atomic E-state index is 0.0304. The van der Waals surface area contributed by atoms with E-state index in [1.807, 2.05) is 0 Å². The molecule has 0 spiro atoms. The third kappa shape index (κ3) is 6.45. The van der Waals surface area contributed by atoms with E-state index >= 15 is 0 Å². The molecule has 0 aliphatic rings. The molecule has 0 fully saturated rings. The molecule has 0 amide bonds. The second kappa shape index (κ2) is 8.59. The van der Waals surface area contributed by atoms with Crippen LogP contribution in [-0.2, 0) is 9.59 Å². The van der Waals surface area contributed by atoms with Gasteiger partial charge >= 0.3 is 11.9 Å². The first-order chi connectivity index (χ1) is 9.31. The van der Waals surface area contributed by atoms with Gasteiger partial charge in [-0.1, -0.05) is 0 Å². The summed E-state index contributed by atoms with van der Waals surface area (Å²) in [5, 5.41) is 42.4. The monoisotopic (exact) mass is 280 g/mol. The Morgan fingerprint density at radius 2 is 1.25 bits per heavy atom. The number of hydrogen-bond acceptors (Lipinski definition) is 6. The minimum atomic E-state index is -1.21. The molecule has 0 bridgehead atoms. The number of nitriles is 2. The molecule has 2 N–H and O–H groups in total. The number of rotatable bonds is 8. The highest BCUT2D eigenvalue weighted by Gasteiger charge is 2.21. The molecular weight excluding hydrogens is 264 g/mol. The molecule has 0 aliphatic carbocycles. The van der Waals surface area contributed by atoms with E-state index in [4.69, 9.17) is 20.7 Å². The number of carbonyl (C=O) groups is 2. The van der Waals surface area contributed by atoms with Gasteiger partial charge in [0.2, 0.25) is 0 Å². The van der Waals surface area contributed by atoms with Gasteiger partial charge in [-0.2, -0.15) is 20.8 Å². The van der Waals surface area contributed by atoms with Crippen LogP contribution >= 0.6 is 0 Å². The van der Waals surface area contributed by atoms with E-state index in [2.05, 4.69) is 10.2 Å². The van der Waals surface area contributed by atoms with Gasteiger partial charge in [0.1, 0.15) is 11.8 Å². The van der Waals surface area contributed by atoms with Crippen LogP contribution in [0.25, 0.3) is 0 Å².